The number of sulfonamides is 1. The Hall–Kier alpha value is -2.24. The third kappa shape index (κ3) is 9.65. The van der Waals surface area contributed by atoms with Gasteiger partial charge in [0.1, 0.15) is 6.04 Å². The number of benzene rings is 1. The minimum absolute atomic E-state index is 0.116. The number of rotatable bonds is 11. The van der Waals surface area contributed by atoms with E-state index in [0.717, 1.165) is 32.1 Å². The highest BCUT2D eigenvalue weighted by atomic mass is 35.5. The SMILES string of the molecule is NC(=O)CCN(NC(=O)[C@H](CC1CCCCC1)NS(=O)(=O)Cc1ccccc1)C(=O)C(F)Cl. The van der Waals surface area contributed by atoms with Gasteiger partial charge in [0.25, 0.3) is 17.4 Å². The Balaban J connectivity index is 2.18. The van der Waals surface area contributed by atoms with Crippen LogP contribution in [0, 0.1) is 5.92 Å². The Morgan fingerprint density at radius 3 is 2.36 bits per heavy atom. The van der Waals surface area contributed by atoms with E-state index >= 15 is 0 Å². The number of alkyl halides is 2. The lowest BCUT2D eigenvalue weighted by Gasteiger charge is -2.29. The number of nitrogens with two attached hydrogens (primary N) is 1. The van der Waals surface area contributed by atoms with Crippen LogP contribution in [0.3, 0.4) is 0 Å². The van der Waals surface area contributed by atoms with Gasteiger partial charge in [-0.05, 0) is 17.9 Å². The molecule has 0 bridgehead atoms. The smallest absolute Gasteiger partial charge is 0.291 e. The monoisotopic (exact) mass is 504 g/mol. The summed E-state index contributed by atoms with van der Waals surface area (Å²) in [5, 5.41) is 0.560. The maximum absolute atomic E-state index is 13.4. The van der Waals surface area contributed by atoms with Crippen molar-refractivity contribution in [3.05, 3.63) is 35.9 Å². The highest BCUT2D eigenvalue weighted by molar-refractivity contribution is 7.88. The summed E-state index contributed by atoms with van der Waals surface area (Å²) < 4.78 is 41.4. The summed E-state index contributed by atoms with van der Waals surface area (Å²) in [6.45, 7) is -0.403. The Morgan fingerprint density at radius 2 is 1.79 bits per heavy atom. The number of amides is 3. The van der Waals surface area contributed by atoms with E-state index in [0.29, 0.717) is 10.6 Å². The number of nitrogens with one attached hydrogen (secondary N) is 2. The zero-order valence-corrected chi connectivity index (χ0v) is 19.8. The fourth-order valence-electron chi connectivity index (χ4n) is 3.79. The molecule has 0 aliphatic heterocycles. The summed E-state index contributed by atoms with van der Waals surface area (Å²) in [4.78, 5) is 36.2. The van der Waals surface area contributed by atoms with E-state index < -0.39 is 46.0 Å². The molecule has 9 nitrogen and oxygen atoms in total. The zero-order chi connectivity index (χ0) is 24.4. The van der Waals surface area contributed by atoms with Gasteiger partial charge in [0.2, 0.25) is 15.9 Å². The number of hydrazine groups is 1. The van der Waals surface area contributed by atoms with Crippen molar-refractivity contribution in [3.8, 4) is 0 Å². The summed E-state index contributed by atoms with van der Waals surface area (Å²) in [5.41, 5.74) is 5.39. The molecule has 2 rings (SSSR count). The first-order valence-corrected chi connectivity index (χ1v) is 12.9. The van der Waals surface area contributed by atoms with Crippen molar-refractivity contribution < 1.29 is 27.2 Å². The zero-order valence-electron chi connectivity index (χ0n) is 18.2. The molecule has 1 aromatic carbocycles. The Kier molecular flexibility index (Phi) is 10.5. The van der Waals surface area contributed by atoms with Crippen LogP contribution >= 0.6 is 11.6 Å². The van der Waals surface area contributed by atoms with E-state index in [9.17, 15) is 27.2 Å². The molecule has 184 valence electrons. The number of nitrogens with zero attached hydrogens (tertiary/aromatic N) is 1. The van der Waals surface area contributed by atoms with E-state index in [-0.39, 0.29) is 24.5 Å². The fourth-order valence-corrected chi connectivity index (χ4v) is 5.26. The van der Waals surface area contributed by atoms with E-state index in [1.54, 1.807) is 30.3 Å². The first kappa shape index (κ1) is 27.0. The maximum atomic E-state index is 13.4. The molecular formula is C21H30ClFN4O5S. The van der Waals surface area contributed by atoms with Crippen LogP contribution in [0.5, 0.6) is 0 Å². The van der Waals surface area contributed by atoms with Crippen molar-refractivity contribution in [1.82, 2.24) is 15.2 Å². The topological polar surface area (TPSA) is 139 Å². The van der Waals surface area contributed by atoms with Crippen molar-refractivity contribution in [2.45, 2.75) is 62.4 Å². The van der Waals surface area contributed by atoms with Gasteiger partial charge >= 0.3 is 0 Å². The van der Waals surface area contributed by atoms with Gasteiger partial charge in [-0.3, -0.25) is 19.8 Å². The van der Waals surface area contributed by atoms with Gasteiger partial charge in [0.15, 0.2) is 0 Å². The second-order valence-corrected chi connectivity index (χ2v) is 10.3. The Labute approximate surface area is 198 Å². The number of hydrogen-bond donors (Lipinski definition) is 3. The molecule has 0 saturated heterocycles. The molecule has 4 N–H and O–H groups in total. The summed E-state index contributed by atoms with van der Waals surface area (Å²) >= 11 is 5.22. The van der Waals surface area contributed by atoms with Crippen molar-refractivity contribution in [2.75, 3.05) is 6.54 Å². The predicted octanol–water partition coefficient (Wildman–Crippen LogP) is 1.71. The largest absolute Gasteiger partial charge is 0.370 e. The standard InChI is InChI=1S/C21H30ClFN4O5S/c22-19(23)21(30)27(12-11-18(24)28)25-20(29)17(13-15-7-3-1-4-8-15)26-33(31,32)14-16-9-5-2-6-10-16/h2,5-6,9-10,15,17,19,26H,1,3-4,7-8,11-14H2,(H2,24,28)(H,25,29)/t17-,19?/m0/s1. The average molecular weight is 505 g/mol. The maximum Gasteiger partial charge on any atom is 0.291 e. The van der Waals surface area contributed by atoms with Crippen molar-refractivity contribution in [1.29, 1.82) is 0 Å². The minimum Gasteiger partial charge on any atom is -0.370 e. The molecule has 1 aliphatic rings. The first-order chi connectivity index (χ1) is 15.6. The molecule has 2 atom stereocenters. The lowest BCUT2D eigenvalue weighted by molar-refractivity contribution is -0.144. The molecule has 33 heavy (non-hydrogen) atoms. The van der Waals surface area contributed by atoms with E-state index in [1.807, 2.05) is 0 Å². The molecule has 12 heteroatoms. The van der Waals surface area contributed by atoms with E-state index in [2.05, 4.69) is 10.1 Å². The van der Waals surface area contributed by atoms with Gasteiger partial charge in [0, 0.05) is 6.42 Å². The second kappa shape index (κ2) is 12.9. The summed E-state index contributed by atoms with van der Waals surface area (Å²) in [7, 11) is -3.92. The van der Waals surface area contributed by atoms with Gasteiger partial charge in [-0.2, -0.15) is 0 Å². The molecule has 0 radical (unpaired) electrons. The van der Waals surface area contributed by atoms with Gasteiger partial charge in [-0.25, -0.2) is 22.5 Å². The van der Waals surface area contributed by atoms with Crippen LogP contribution in [-0.4, -0.2) is 49.4 Å². The van der Waals surface area contributed by atoms with Crippen LogP contribution in [0.1, 0.15) is 50.5 Å². The van der Waals surface area contributed by atoms with Crippen molar-refractivity contribution in [3.63, 3.8) is 0 Å². The van der Waals surface area contributed by atoms with Crippen molar-refractivity contribution in [2.24, 2.45) is 11.7 Å². The van der Waals surface area contributed by atoms with Crippen LogP contribution in [0.4, 0.5) is 4.39 Å². The minimum atomic E-state index is -3.92. The first-order valence-electron chi connectivity index (χ1n) is 10.8. The molecule has 1 saturated carbocycles. The number of carbonyl (C=O) groups is 3. The van der Waals surface area contributed by atoms with Crippen molar-refractivity contribution >= 4 is 39.3 Å². The lowest BCUT2D eigenvalue weighted by atomic mass is 9.85. The number of carbonyl (C=O) groups excluding carboxylic acids is 3. The van der Waals surface area contributed by atoms with Gasteiger partial charge < -0.3 is 5.73 Å². The predicted molar refractivity (Wildman–Crippen MR) is 122 cm³/mol. The summed E-state index contributed by atoms with van der Waals surface area (Å²) in [5.74, 6) is -3.11. The molecule has 3 amide bonds. The normalized spacial score (nSPS) is 16.5. The van der Waals surface area contributed by atoms with Crippen LogP contribution in [-0.2, 0) is 30.2 Å². The number of halogens is 2. The Bertz CT molecular complexity index is 910. The molecule has 1 aromatic rings. The molecule has 0 heterocycles. The summed E-state index contributed by atoms with van der Waals surface area (Å²) in [6.07, 6.45) is 4.62. The summed E-state index contributed by atoms with van der Waals surface area (Å²) in [6, 6.07) is 7.29. The molecule has 0 aromatic heterocycles. The van der Waals surface area contributed by atoms with E-state index in [4.69, 9.17) is 17.3 Å². The van der Waals surface area contributed by atoms with Crippen LogP contribution in [0.15, 0.2) is 30.3 Å². The Morgan fingerprint density at radius 1 is 1.15 bits per heavy atom. The highest BCUT2D eigenvalue weighted by Gasteiger charge is 2.31. The van der Waals surface area contributed by atoms with Crippen LogP contribution in [0.25, 0.3) is 0 Å². The molecule has 1 unspecified atom stereocenters. The third-order valence-corrected chi connectivity index (χ3v) is 6.95. The van der Waals surface area contributed by atoms with Gasteiger partial charge in [-0.15, -0.1) is 0 Å². The molecule has 0 spiro atoms. The molecule has 1 aliphatic carbocycles. The fraction of sp³-hybridized carbons (Fsp3) is 0.571. The average Bonchev–Trinajstić information content (AvgIpc) is 2.76. The van der Waals surface area contributed by atoms with Gasteiger partial charge in [-0.1, -0.05) is 74.0 Å². The van der Waals surface area contributed by atoms with Crippen LogP contribution < -0.4 is 15.9 Å². The van der Waals surface area contributed by atoms with Gasteiger partial charge in [0.05, 0.1) is 12.3 Å². The molecular weight excluding hydrogens is 475 g/mol. The number of primary amides is 1. The lowest BCUT2D eigenvalue weighted by Crippen LogP contribution is -2.56. The second-order valence-electron chi connectivity index (χ2n) is 8.14. The van der Waals surface area contributed by atoms with Crippen LogP contribution in [0.2, 0.25) is 0 Å². The molecule has 1 fully saturated rings. The number of hydrogen-bond acceptors (Lipinski definition) is 5. The quantitative estimate of drug-likeness (QED) is 0.311. The third-order valence-electron chi connectivity index (χ3n) is 5.41. The van der Waals surface area contributed by atoms with E-state index in [1.165, 1.54) is 0 Å². The highest BCUT2D eigenvalue weighted by Crippen LogP contribution is 2.27.